The van der Waals surface area contributed by atoms with Crippen LogP contribution in [-0.2, 0) is 96.3 Å². The van der Waals surface area contributed by atoms with E-state index in [0.29, 0.717) is 0 Å². The van der Waals surface area contributed by atoms with E-state index in [-0.39, 0.29) is 67.7 Å². The Kier molecular flexibility index (Phi) is 28.6. The number of esters is 4. The van der Waals surface area contributed by atoms with E-state index < -0.39 is 23.9 Å². The SMILES string of the molecule is CC(=O)OC(=O)C(=O)OC(C)=O.[Co].[Co].[Mn].[Mn]. The van der Waals surface area contributed by atoms with Crippen molar-refractivity contribution in [1.82, 2.24) is 0 Å². The largest absolute Gasteiger partial charge is 0.425 e. The van der Waals surface area contributed by atoms with Crippen LogP contribution in [0.3, 0.4) is 0 Å². The molecule has 4 radical (unpaired) electrons. The van der Waals surface area contributed by atoms with Gasteiger partial charge in [0, 0.05) is 81.5 Å². The molecule has 16 heavy (non-hydrogen) atoms. The standard InChI is InChI=1S/C6H6O6.2Co.2Mn/c1-3(7)11-5(9)6(10)12-4(2)8;;;;/h1-2H3;;;;. The Morgan fingerprint density at radius 2 is 0.875 bits per heavy atom. The molecule has 10 heteroatoms. The predicted octanol–water partition coefficient (Wildman–Crippen LogP) is -0.844. The van der Waals surface area contributed by atoms with Gasteiger partial charge in [0.15, 0.2) is 0 Å². The normalized spacial score (nSPS) is 6.38. The minimum Gasteiger partial charge on any atom is -0.385 e. The zero-order valence-electron chi connectivity index (χ0n) is 7.87. The van der Waals surface area contributed by atoms with Gasteiger partial charge in [-0.25, -0.2) is 9.59 Å². The molecule has 0 rings (SSSR count). The van der Waals surface area contributed by atoms with E-state index in [4.69, 9.17) is 0 Å². The van der Waals surface area contributed by atoms with Crippen molar-refractivity contribution >= 4 is 23.9 Å². The van der Waals surface area contributed by atoms with Crippen LogP contribution in [0, 0.1) is 0 Å². The third-order valence-electron chi connectivity index (χ3n) is 0.640. The summed E-state index contributed by atoms with van der Waals surface area (Å²) >= 11 is 0. The van der Waals surface area contributed by atoms with Crippen LogP contribution < -0.4 is 0 Å². The Morgan fingerprint density at radius 3 is 1.00 bits per heavy atom. The van der Waals surface area contributed by atoms with Gasteiger partial charge in [0.1, 0.15) is 0 Å². The fourth-order valence-electron chi connectivity index (χ4n) is 0.344. The second-order valence-electron chi connectivity index (χ2n) is 1.76. The third kappa shape index (κ3) is 16.8. The molecule has 0 aromatic rings. The van der Waals surface area contributed by atoms with Gasteiger partial charge in [-0.3, -0.25) is 9.59 Å². The van der Waals surface area contributed by atoms with Crippen molar-refractivity contribution in [2.45, 2.75) is 13.8 Å². The first-order valence-corrected chi connectivity index (χ1v) is 2.88. The molecule has 0 aromatic heterocycles. The summed E-state index contributed by atoms with van der Waals surface area (Å²) in [6.07, 6.45) is 0. The van der Waals surface area contributed by atoms with Crippen molar-refractivity contribution in [3.05, 3.63) is 0 Å². The molecule has 0 bridgehead atoms. The maximum absolute atomic E-state index is 10.4. The number of carbonyl (C=O) groups excluding carboxylic acids is 4. The van der Waals surface area contributed by atoms with E-state index in [1.807, 2.05) is 0 Å². The third-order valence-corrected chi connectivity index (χ3v) is 0.640. The van der Waals surface area contributed by atoms with Crippen LogP contribution in [0.15, 0.2) is 0 Å². The minimum absolute atomic E-state index is 0. The van der Waals surface area contributed by atoms with Crippen LogP contribution in [0.5, 0.6) is 0 Å². The van der Waals surface area contributed by atoms with Gasteiger partial charge in [0.05, 0.1) is 0 Å². The first-order chi connectivity index (χ1) is 5.43. The number of carbonyl (C=O) groups is 4. The van der Waals surface area contributed by atoms with E-state index in [9.17, 15) is 19.2 Å². The number of rotatable bonds is 0. The van der Waals surface area contributed by atoms with Crippen LogP contribution in [0.2, 0.25) is 0 Å². The summed E-state index contributed by atoms with van der Waals surface area (Å²) in [4.78, 5) is 41.1. The maximum Gasteiger partial charge on any atom is 0.425 e. The summed E-state index contributed by atoms with van der Waals surface area (Å²) in [5, 5.41) is 0. The van der Waals surface area contributed by atoms with E-state index in [1.165, 1.54) is 0 Å². The van der Waals surface area contributed by atoms with Crippen molar-refractivity contribution in [2.75, 3.05) is 0 Å². The molecule has 98 valence electrons. The first-order valence-electron chi connectivity index (χ1n) is 2.88. The Balaban J connectivity index is -0.000000101. The Labute approximate surface area is 133 Å². The summed E-state index contributed by atoms with van der Waals surface area (Å²) < 4.78 is 7.62. The quantitative estimate of drug-likeness (QED) is 0.227. The van der Waals surface area contributed by atoms with E-state index in [1.54, 1.807) is 0 Å². The fourth-order valence-corrected chi connectivity index (χ4v) is 0.344. The zero-order chi connectivity index (χ0) is 9.72. The second kappa shape index (κ2) is 15.3. The van der Waals surface area contributed by atoms with Crippen molar-refractivity contribution in [1.29, 1.82) is 0 Å². The van der Waals surface area contributed by atoms with Gasteiger partial charge in [0.2, 0.25) is 0 Å². The van der Waals surface area contributed by atoms with Crippen LogP contribution in [0.4, 0.5) is 0 Å². The van der Waals surface area contributed by atoms with Crippen LogP contribution in [-0.4, -0.2) is 23.9 Å². The molecule has 0 N–H and O–H groups in total. The monoisotopic (exact) mass is 402 g/mol. The van der Waals surface area contributed by atoms with Crippen molar-refractivity contribution in [3.8, 4) is 0 Å². The maximum atomic E-state index is 10.4. The van der Waals surface area contributed by atoms with Crippen LogP contribution in [0.1, 0.15) is 13.8 Å². The van der Waals surface area contributed by atoms with Gasteiger partial charge >= 0.3 is 23.9 Å². The van der Waals surface area contributed by atoms with Crippen molar-refractivity contribution < 1.29 is 96.3 Å². The number of hydrogen-bond acceptors (Lipinski definition) is 6. The molecule has 0 fully saturated rings. The molecule has 0 saturated heterocycles. The molecule has 0 atom stereocenters. The van der Waals surface area contributed by atoms with Crippen LogP contribution in [0.25, 0.3) is 0 Å². The molecule has 0 aliphatic rings. The summed E-state index contributed by atoms with van der Waals surface area (Å²) in [6.45, 7) is 1.89. The Bertz CT molecular complexity index is 231. The van der Waals surface area contributed by atoms with E-state index >= 15 is 0 Å². The molecule has 0 heterocycles. The molecule has 0 aliphatic carbocycles. The van der Waals surface area contributed by atoms with E-state index in [0.717, 1.165) is 13.8 Å². The fraction of sp³-hybridized carbons (Fsp3) is 0.333. The molecule has 0 spiro atoms. The smallest absolute Gasteiger partial charge is 0.385 e. The molecular weight excluding hydrogens is 396 g/mol. The summed E-state index contributed by atoms with van der Waals surface area (Å²) in [5.74, 6) is -4.89. The average molecular weight is 402 g/mol. The summed E-state index contributed by atoms with van der Waals surface area (Å²) in [5.41, 5.74) is 0. The van der Waals surface area contributed by atoms with E-state index in [2.05, 4.69) is 9.47 Å². The Hall–Kier alpha value is 0.332. The first kappa shape index (κ1) is 29.9. The van der Waals surface area contributed by atoms with Gasteiger partial charge in [-0.1, -0.05) is 0 Å². The Morgan fingerprint density at radius 1 is 0.688 bits per heavy atom. The van der Waals surface area contributed by atoms with Gasteiger partial charge in [0.25, 0.3) is 0 Å². The summed E-state index contributed by atoms with van der Waals surface area (Å²) in [7, 11) is 0. The molecule has 0 amide bonds. The minimum atomic E-state index is -1.50. The molecule has 6 nitrogen and oxygen atoms in total. The molecule has 0 aromatic carbocycles. The topological polar surface area (TPSA) is 86.7 Å². The van der Waals surface area contributed by atoms with Gasteiger partial charge < -0.3 is 9.47 Å². The predicted molar refractivity (Wildman–Crippen MR) is 33.5 cm³/mol. The molecular formula is C6H6Co2Mn2O6. The molecule has 0 unspecified atom stereocenters. The van der Waals surface area contributed by atoms with Crippen molar-refractivity contribution in [3.63, 3.8) is 0 Å². The summed E-state index contributed by atoms with van der Waals surface area (Å²) in [6, 6.07) is 0. The number of hydrogen-bond donors (Lipinski definition) is 0. The van der Waals surface area contributed by atoms with Gasteiger partial charge in [-0.15, -0.1) is 0 Å². The van der Waals surface area contributed by atoms with Gasteiger partial charge in [-0.05, 0) is 0 Å². The number of ether oxygens (including phenoxy) is 2. The molecule has 0 saturated carbocycles. The average Bonchev–Trinajstić information content (AvgIpc) is 1.84. The molecule has 0 aliphatic heterocycles. The second-order valence-corrected chi connectivity index (χ2v) is 1.76. The zero-order valence-corrected chi connectivity index (χ0v) is 12.3. The van der Waals surface area contributed by atoms with Crippen molar-refractivity contribution in [2.24, 2.45) is 0 Å². The van der Waals surface area contributed by atoms with Crippen LogP contribution >= 0.6 is 0 Å². The van der Waals surface area contributed by atoms with Gasteiger partial charge in [-0.2, -0.15) is 0 Å².